The van der Waals surface area contributed by atoms with Gasteiger partial charge in [-0.1, -0.05) is 29.5 Å². The molecule has 1 unspecified atom stereocenters. The Bertz CT molecular complexity index is 605. The average Bonchev–Trinajstić information content (AvgIpc) is 3.00. The molecule has 3 rings (SSSR count). The summed E-state index contributed by atoms with van der Waals surface area (Å²) in [6.45, 7) is 1.93. The number of nitrogens with one attached hydrogen (secondary N) is 1. The van der Waals surface area contributed by atoms with Gasteiger partial charge in [-0.2, -0.15) is 0 Å². The van der Waals surface area contributed by atoms with E-state index in [1.54, 1.807) is 0 Å². The van der Waals surface area contributed by atoms with Crippen LogP contribution in [0.2, 0.25) is 0 Å². The molecule has 6 nitrogen and oxygen atoms in total. The van der Waals surface area contributed by atoms with Crippen molar-refractivity contribution in [3.63, 3.8) is 0 Å². The van der Waals surface area contributed by atoms with Gasteiger partial charge in [0.1, 0.15) is 6.10 Å². The van der Waals surface area contributed by atoms with E-state index in [0.717, 1.165) is 49.4 Å². The SMILES string of the molecule is CC1=CC(=O)O[C@@H]2CC(CCCC=CCC1)O[C@@](O)([C@@H]1CSC(=O)N1)C2. The second-order valence-corrected chi connectivity index (χ2v) is 8.30. The van der Waals surface area contributed by atoms with Crippen LogP contribution in [-0.4, -0.2) is 46.1 Å². The molecule has 144 valence electrons. The minimum atomic E-state index is -1.50. The number of carbonyl (C=O) groups is 2. The van der Waals surface area contributed by atoms with Gasteiger partial charge in [-0.3, -0.25) is 4.79 Å². The maximum absolute atomic E-state index is 12.2. The molecule has 3 aliphatic rings. The zero-order valence-electron chi connectivity index (χ0n) is 15.1. The van der Waals surface area contributed by atoms with E-state index in [0.29, 0.717) is 12.2 Å². The first kappa shape index (κ1) is 19.5. The number of rotatable bonds is 1. The minimum Gasteiger partial charge on any atom is -0.459 e. The standard InChI is InChI=1S/C19H27NO5S/c1-13-7-5-3-2-4-6-8-14-10-15(24-17(21)9-13)11-19(23,25-14)16-12-26-18(22)20-16/h2-3,9,14-16,23H,4-8,10-12H2,1H3,(H,20,22)/t14?,15-,16+,19-/m1/s1. The van der Waals surface area contributed by atoms with Gasteiger partial charge >= 0.3 is 5.97 Å². The molecule has 0 aromatic carbocycles. The predicted octanol–water partition coefficient (Wildman–Crippen LogP) is 3.06. The zero-order chi connectivity index (χ0) is 18.6. The average molecular weight is 381 g/mol. The molecular weight excluding hydrogens is 354 g/mol. The third-order valence-electron chi connectivity index (χ3n) is 5.05. The number of fused-ring (bicyclic) bond motifs is 2. The van der Waals surface area contributed by atoms with Crippen molar-refractivity contribution in [1.82, 2.24) is 5.32 Å². The second-order valence-electron chi connectivity index (χ2n) is 7.31. The van der Waals surface area contributed by atoms with Gasteiger partial charge in [-0.05, 0) is 39.0 Å². The third-order valence-corrected chi connectivity index (χ3v) is 5.93. The second kappa shape index (κ2) is 8.59. The summed E-state index contributed by atoms with van der Waals surface area (Å²) in [6.07, 6.45) is 10.4. The van der Waals surface area contributed by atoms with E-state index >= 15 is 0 Å². The Labute approximate surface area is 158 Å². The fourth-order valence-electron chi connectivity index (χ4n) is 3.69. The monoisotopic (exact) mass is 381 g/mol. The van der Waals surface area contributed by atoms with Gasteiger partial charge in [0.2, 0.25) is 0 Å². The summed E-state index contributed by atoms with van der Waals surface area (Å²) >= 11 is 1.14. The van der Waals surface area contributed by atoms with Crippen LogP contribution in [0.3, 0.4) is 0 Å². The summed E-state index contributed by atoms with van der Waals surface area (Å²) < 4.78 is 11.6. The lowest BCUT2D eigenvalue weighted by molar-refractivity contribution is -0.283. The molecule has 2 bridgehead atoms. The number of hydrogen-bond donors (Lipinski definition) is 2. The van der Waals surface area contributed by atoms with Gasteiger partial charge in [0.25, 0.3) is 5.24 Å². The number of aliphatic hydroxyl groups is 1. The topological polar surface area (TPSA) is 84.9 Å². The highest BCUT2D eigenvalue weighted by molar-refractivity contribution is 8.14. The number of allylic oxidation sites excluding steroid dienone is 3. The van der Waals surface area contributed by atoms with Crippen LogP contribution in [0.15, 0.2) is 23.8 Å². The van der Waals surface area contributed by atoms with Gasteiger partial charge in [0.05, 0.1) is 12.1 Å². The molecule has 2 fully saturated rings. The van der Waals surface area contributed by atoms with Gasteiger partial charge < -0.3 is 19.9 Å². The summed E-state index contributed by atoms with van der Waals surface area (Å²) in [5, 5.41) is 13.7. The maximum Gasteiger partial charge on any atom is 0.330 e. The summed E-state index contributed by atoms with van der Waals surface area (Å²) in [7, 11) is 0. The number of ether oxygens (including phenoxy) is 2. The summed E-state index contributed by atoms with van der Waals surface area (Å²) in [5.74, 6) is -1.43. The van der Waals surface area contributed by atoms with Crippen LogP contribution in [-0.2, 0) is 14.3 Å². The minimum absolute atomic E-state index is 0.159. The third kappa shape index (κ3) is 5.11. The number of esters is 1. The number of hydrogen-bond acceptors (Lipinski definition) is 6. The molecule has 3 heterocycles. The first-order chi connectivity index (χ1) is 12.4. The van der Waals surface area contributed by atoms with E-state index < -0.39 is 17.9 Å². The molecule has 3 aliphatic heterocycles. The van der Waals surface area contributed by atoms with Gasteiger partial charge in [-0.25, -0.2) is 4.79 Å². The lowest BCUT2D eigenvalue weighted by Crippen LogP contribution is -2.58. The van der Waals surface area contributed by atoms with Crippen molar-refractivity contribution in [1.29, 1.82) is 0 Å². The fourth-order valence-corrected chi connectivity index (χ4v) is 4.58. The number of carbonyl (C=O) groups excluding carboxylic acids is 2. The Hall–Kier alpha value is -1.31. The van der Waals surface area contributed by atoms with Gasteiger partial charge in [0, 0.05) is 24.7 Å². The van der Waals surface area contributed by atoms with Gasteiger partial charge in [0.15, 0.2) is 5.79 Å². The van der Waals surface area contributed by atoms with Crippen molar-refractivity contribution < 1.29 is 24.2 Å². The van der Waals surface area contributed by atoms with Crippen LogP contribution >= 0.6 is 11.8 Å². The van der Waals surface area contributed by atoms with E-state index in [1.807, 2.05) is 6.92 Å². The Morgan fingerprint density at radius 3 is 2.85 bits per heavy atom. The van der Waals surface area contributed by atoms with Crippen LogP contribution in [0.5, 0.6) is 0 Å². The van der Waals surface area contributed by atoms with E-state index in [2.05, 4.69) is 17.5 Å². The molecule has 0 aromatic heterocycles. The fraction of sp³-hybridized carbons (Fsp3) is 0.684. The molecule has 0 spiro atoms. The molecule has 7 heteroatoms. The Morgan fingerprint density at radius 1 is 1.27 bits per heavy atom. The highest BCUT2D eigenvalue weighted by atomic mass is 32.2. The molecule has 2 saturated heterocycles. The summed E-state index contributed by atoms with van der Waals surface area (Å²) in [4.78, 5) is 23.8. The molecule has 0 radical (unpaired) electrons. The summed E-state index contributed by atoms with van der Waals surface area (Å²) in [6, 6.07) is -0.486. The normalized spacial score (nSPS) is 36.7. The smallest absolute Gasteiger partial charge is 0.330 e. The molecule has 0 aromatic rings. The zero-order valence-corrected chi connectivity index (χ0v) is 15.9. The van der Waals surface area contributed by atoms with Crippen molar-refractivity contribution in [3.8, 4) is 0 Å². The lowest BCUT2D eigenvalue weighted by Gasteiger charge is -2.43. The Balaban J connectivity index is 1.76. The Kier molecular flexibility index (Phi) is 6.42. The van der Waals surface area contributed by atoms with Crippen molar-refractivity contribution in [2.45, 2.75) is 75.9 Å². The molecule has 0 aliphatic carbocycles. The van der Waals surface area contributed by atoms with E-state index in [-0.39, 0.29) is 23.7 Å². The highest BCUT2D eigenvalue weighted by Crippen LogP contribution is 2.36. The molecular formula is C19H27NO5S. The Morgan fingerprint density at radius 2 is 2.08 bits per heavy atom. The predicted molar refractivity (Wildman–Crippen MR) is 99.7 cm³/mol. The van der Waals surface area contributed by atoms with Crippen molar-refractivity contribution in [2.24, 2.45) is 0 Å². The van der Waals surface area contributed by atoms with E-state index in [1.165, 1.54) is 6.08 Å². The largest absolute Gasteiger partial charge is 0.459 e. The van der Waals surface area contributed by atoms with E-state index in [4.69, 9.17) is 9.47 Å². The quantitative estimate of drug-likeness (QED) is 0.536. The molecule has 4 atom stereocenters. The molecule has 2 N–H and O–H groups in total. The molecule has 0 saturated carbocycles. The summed E-state index contributed by atoms with van der Waals surface area (Å²) in [5.41, 5.74) is 0.982. The molecule has 26 heavy (non-hydrogen) atoms. The first-order valence-electron chi connectivity index (χ1n) is 9.31. The van der Waals surface area contributed by atoms with Crippen LogP contribution < -0.4 is 5.32 Å². The van der Waals surface area contributed by atoms with Crippen molar-refractivity contribution >= 4 is 23.0 Å². The van der Waals surface area contributed by atoms with Crippen LogP contribution in [0, 0.1) is 0 Å². The van der Waals surface area contributed by atoms with Crippen molar-refractivity contribution in [2.75, 3.05) is 5.75 Å². The van der Waals surface area contributed by atoms with E-state index in [9.17, 15) is 14.7 Å². The van der Waals surface area contributed by atoms with Crippen LogP contribution in [0.25, 0.3) is 0 Å². The van der Waals surface area contributed by atoms with Gasteiger partial charge in [-0.15, -0.1) is 0 Å². The lowest BCUT2D eigenvalue weighted by atomic mass is 9.91. The maximum atomic E-state index is 12.2. The van der Waals surface area contributed by atoms with Crippen molar-refractivity contribution in [3.05, 3.63) is 23.8 Å². The van der Waals surface area contributed by atoms with Crippen LogP contribution in [0.1, 0.15) is 51.9 Å². The van der Waals surface area contributed by atoms with Crippen LogP contribution in [0.4, 0.5) is 4.79 Å². The highest BCUT2D eigenvalue weighted by Gasteiger charge is 2.49. The molecule has 1 amide bonds. The first-order valence-corrected chi connectivity index (χ1v) is 10.3. The number of thioether (sulfide) groups is 1. The number of amides is 1.